The third-order valence-corrected chi connectivity index (χ3v) is 5.55. The number of benzene rings is 3. The van der Waals surface area contributed by atoms with Gasteiger partial charge in [-0.1, -0.05) is 53.9 Å². The molecule has 0 spiro atoms. The van der Waals surface area contributed by atoms with Crippen molar-refractivity contribution in [1.82, 2.24) is 0 Å². The lowest BCUT2D eigenvalue weighted by molar-refractivity contribution is 1.33. The van der Waals surface area contributed by atoms with Crippen molar-refractivity contribution in [3.05, 3.63) is 87.9 Å². The predicted octanol–water partition coefficient (Wildman–Crippen LogP) is 5.89. The molecular weight excluding hydrogens is 378 g/mol. The van der Waals surface area contributed by atoms with E-state index in [1.807, 2.05) is 54.6 Å². The maximum atomic E-state index is 6.38. The molecule has 2 N–H and O–H groups in total. The Morgan fingerprint density at radius 1 is 0.875 bits per heavy atom. The third-order valence-electron chi connectivity index (χ3n) is 3.46. The van der Waals surface area contributed by atoms with Crippen LogP contribution >= 0.6 is 27.7 Å². The molecule has 118 valence electrons. The standard InChI is InChI=1S/C21H16BrNS/c1-15-13-17(12-11-16-7-3-2-4-8-16)21(23)20(14-15)24-19-10-6-5-9-18(19)22/h2-10,13-14H,23H2,1H3. The molecule has 0 atom stereocenters. The van der Waals surface area contributed by atoms with Crippen LogP contribution < -0.4 is 5.73 Å². The highest BCUT2D eigenvalue weighted by atomic mass is 79.9. The molecule has 0 aliphatic rings. The van der Waals surface area contributed by atoms with Crippen LogP contribution in [-0.2, 0) is 0 Å². The highest BCUT2D eigenvalue weighted by Crippen LogP contribution is 2.38. The van der Waals surface area contributed by atoms with E-state index in [4.69, 9.17) is 5.73 Å². The number of nitrogen functional groups attached to an aromatic ring is 1. The first-order valence-corrected chi connectivity index (χ1v) is 9.14. The Kier molecular flexibility index (Phi) is 5.30. The van der Waals surface area contributed by atoms with Gasteiger partial charge >= 0.3 is 0 Å². The van der Waals surface area contributed by atoms with E-state index in [9.17, 15) is 0 Å². The summed E-state index contributed by atoms with van der Waals surface area (Å²) in [6, 6.07) is 22.2. The van der Waals surface area contributed by atoms with Crippen LogP contribution in [-0.4, -0.2) is 0 Å². The molecule has 0 aliphatic carbocycles. The number of aryl methyl sites for hydroxylation is 1. The fourth-order valence-corrected chi connectivity index (χ4v) is 3.80. The quantitative estimate of drug-likeness (QED) is 0.433. The number of halogens is 1. The van der Waals surface area contributed by atoms with E-state index in [0.29, 0.717) is 0 Å². The van der Waals surface area contributed by atoms with Crippen molar-refractivity contribution in [2.75, 3.05) is 5.73 Å². The van der Waals surface area contributed by atoms with Crippen molar-refractivity contribution < 1.29 is 0 Å². The molecule has 0 aliphatic heterocycles. The Morgan fingerprint density at radius 3 is 2.33 bits per heavy atom. The lowest BCUT2D eigenvalue weighted by Gasteiger charge is -2.10. The SMILES string of the molecule is Cc1cc(C#Cc2ccccc2)c(N)c(Sc2ccccc2Br)c1. The van der Waals surface area contributed by atoms with Gasteiger partial charge in [0.15, 0.2) is 0 Å². The van der Waals surface area contributed by atoms with Crippen molar-refractivity contribution in [2.24, 2.45) is 0 Å². The summed E-state index contributed by atoms with van der Waals surface area (Å²) in [5.74, 6) is 6.39. The minimum Gasteiger partial charge on any atom is -0.397 e. The molecule has 3 heteroatoms. The second-order valence-electron chi connectivity index (χ2n) is 5.37. The van der Waals surface area contributed by atoms with Crippen LogP contribution in [0.4, 0.5) is 5.69 Å². The number of hydrogen-bond donors (Lipinski definition) is 1. The van der Waals surface area contributed by atoms with Gasteiger partial charge in [-0.2, -0.15) is 0 Å². The number of rotatable bonds is 2. The van der Waals surface area contributed by atoms with Gasteiger partial charge in [0.2, 0.25) is 0 Å². The first-order valence-electron chi connectivity index (χ1n) is 7.53. The highest BCUT2D eigenvalue weighted by molar-refractivity contribution is 9.10. The van der Waals surface area contributed by atoms with Crippen molar-refractivity contribution in [1.29, 1.82) is 0 Å². The zero-order valence-electron chi connectivity index (χ0n) is 13.2. The number of hydrogen-bond acceptors (Lipinski definition) is 2. The van der Waals surface area contributed by atoms with Crippen LogP contribution in [0.5, 0.6) is 0 Å². The van der Waals surface area contributed by atoms with Gasteiger partial charge in [0.25, 0.3) is 0 Å². The van der Waals surface area contributed by atoms with Gasteiger partial charge in [0, 0.05) is 25.4 Å². The van der Waals surface area contributed by atoms with E-state index < -0.39 is 0 Å². The minimum atomic E-state index is 0.727. The van der Waals surface area contributed by atoms with Crippen molar-refractivity contribution >= 4 is 33.4 Å². The molecule has 0 aromatic heterocycles. The van der Waals surface area contributed by atoms with Gasteiger partial charge in [-0.25, -0.2) is 0 Å². The van der Waals surface area contributed by atoms with E-state index in [0.717, 1.165) is 36.6 Å². The Bertz CT molecular complexity index is 924. The monoisotopic (exact) mass is 393 g/mol. The first-order chi connectivity index (χ1) is 11.6. The average molecular weight is 394 g/mol. The molecule has 3 rings (SSSR count). The zero-order chi connectivity index (χ0) is 16.9. The molecule has 0 bridgehead atoms. The largest absolute Gasteiger partial charge is 0.397 e. The summed E-state index contributed by atoms with van der Waals surface area (Å²) < 4.78 is 1.06. The van der Waals surface area contributed by atoms with Gasteiger partial charge in [0.05, 0.1) is 5.69 Å². The Labute approximate surface area is 155 Å². The molecule has 0 radical (unpaired) electrons. The first kappa shape index (κ1) is 16.7. The average Bonchev–Trinajstić information content (AvgIpc) is 2.59. The van der Waals surface area contributed by atoms with E-state index in [1.54, 1.807) is 11.8 Å². The molecule has 3 aromatic carbocycles. The summed E-state index contributed by atoms with van der Waals surface area (Å²) >= 11 is 5.24. The molecule has 0 fully saturated rings. The number of anilines is 1. The van der Waals surface area contributed by atoms with Crippen LogP contribution in [0.3, 0.4) is 0 Å². The van der Waals surface area contributed by atoms with Crippen LogP contribution in [0.15, 0.2) is 81.0 Å². The molecule has 3 aromatic rings. The fourth-order valence-electron chi connectivity index (χ4n) is 2.26. The summed E-state index contributed by atoms with van der Waals surface area (Å²) in [6.45, 7) is 2.07. The summed E-state index contributed by atoms with van der Waals surface area (Å²) in [4.78, 5) is 2.16. The number of nitrogens with two attached hydrogens (primary N) is 1. The van der Waals surface area contributed by atoms with Crippen LogP contribution in [0.2, 0.25) is 0 Å². The normalized spacial score (nSPS) is 10.1. The van der Waals surface area contributed by atoms with Gasteiger partial charge in [-0.05, 0) is 64.8 Å². The molecule has 0 heterocycles. The lowest BCUT2D eigenvalue weighted by Crippen LogP contribution is -1.95. The van der Waals surface area contributed by atoms with Crippen LogP contribution in [0.25, 0.3) is 0 Å². The molecule has 0 saturated heterocycles. The van der Waals surface area contributed by atoms with E-state index in [1.165, 1.54) is 0 Å². The van der Waals surface area contributed by atoms with Crippen LogP contribution in [0, 0.1) is 18.8 Å². The molecule has 1 nitrogen and oxygen atoms in total. The second-order valence-corrected chi connectivity index (χ2v) is 7.31. The third kappa shape index (κ3) is 4.03. The Balaban J connectivity index is 1.97. The van der Waals surface area contributed by atoms with E-state index >= 15 is 0 Å². The zero-order valence-corrected chi connectivity index (χ0v) is 15.6. The lowest BCUT2D eigenvalue weighted by atomic mass is 10.1. The molecule has 0 saturated carbocycles. The molecule has 0 unspecified atom stereocenters. The van der Waals surface area contributed by atoms with Crippen LogP contribution in [0.1, 0.15) is 16.7 Å². The van der Waals surface area contributed by atoms with Gasteiger partial charge in [0.1, 0.15) is 0 Å². The second kappa shape index (κ2) is 7.61. The minimum absolute atomic E-state index is 0.727. The summed E-state index contributed by atoms with van der Waals surface area (Å²) in [7, 11) is 0. The summed E-state index contributed by atoms with van der Waals surface area (Å²) in [6.07, 6.45) is 0. The summed E-state index contributed by atoms with van der Waals surface area (Å²) in [5.41, 5.74) is 10.1. The van der Waals surface area contributed by atoms with Crippen molar-refractivity contribution in [3.8, 4) is 11.8 Å². The topological polar surface area (TPSA) is 26.0 Å². The predicted molar refractivity (Wildman–Crippen MR) is 106 cm³/mol. The maximum Gasteiger partial charge on any atom is 0.0615 e. The van der Waals surface area contributed by atoms with Gasteiger partial charge in [-0.3, -0.25) is 0 Å². The van der Waals surface area contributed by atoms with Crippen molar-refractivity contribution in [2.45, 2.75) is 16.7 Å². The summed E-state index contributed by atoms with van der Waals surface area (Å²) in [5, 5.41) is 0. The van der Waals surface area contributed by atoms with Crippen molar-refractivity contribution in [3.63, 3.8) is 0 Å². The Morgan fingerprint density at radius 2 is 1.58 bits per heavy atom. The van der Waals surface area contributed by atoms with Gasteiger partial charge < -0.3 is 5.73 Å². The van der Waals surface area contributed by atoms with Gasteiger partial charge in [-0.15, -0.1) is 0 Å². The molecular formula is C21H16BrNS. The molecule has 0 amide bonds. The Hall–Kier alpha value is -2.15. The van der Waals surface area contributed by atoms with E-state index in [2.05, 4.69) is 46.8 Å². The molecule has 24 heavy (non-hydrogen) atoms. The van der Waals surface area contributed by atoms with E-state index in [-0.39, 0.29) is 0 Å². The maximum absolute atomic E-state index is 6.38. The smallest absolute Gasteiger partial charge is 0.0615 e. The fraction of sp³-hybridized carbons (Fsp3) is 0.0476. The highest BCUT2D eigenvalue weighted by Gasteiger charge is 2.09.